The molecule has 1 aromatic heterocycles. The molecule has 0 saturated carbocycles. The molecule has 0 spiro atoms. The second kappa shape index (κ2) is 5.41. The molecule has 0 saturated heterocycles. The Labute approximate surface area is 103 Å². The van der Waals surface area contributed by atoms with Crippen LogP contribution in [0.5, 0.6) is 0 Å². The zero-order chi connectivity index (χ0) is 11.5. The molecule has 0 aliphatic carbocycles. The van der Waals surface area contributed by atoms with Crippen molar-refractivity contribution in [1.29, 1.82) is 0 Å². The first-order chi connectivity index (χ1) is 7.09. The molecule has 0 bridgehead atoms. The van der Waals surface area contributed by atoms with E-state index in [1.54, 1.807) is 18.4 Å². The Balaban J connectivity index is 3.03. The van der Waals surface area contributed by atoms with Crippen LogP contribution in [0.2, 0.25) is 0 Å². The summed E-state index contributed by atoms with van der Waals surface area (Å²) in [7, 11) is 1.72. The summed E-state index contributed by atoms with van der Waals surface area (Å²) in [6.45, 7) is 4.15. The van der Waals surface area contributed by atoms with Gasteiger partial charge in [-0.3, -0.25) is 11.3 Å². The minimum atomic E-state index is -0.293. The summed E-state index contributed by atoms with van der Waals surface area (Å²) in [6.07, 6.45) is 0.890. The highest BCUT2D eigenvalue weighted by atomic mass is 79.9. The lowest BCUT2D eigenvalue weighted by Crippen LogP contribution is -2.45. The smallest absolute Gasteiger partial charge is 0.0855 e. The van der Waals surface area contributed by atoms with E-state index in [4.69, 9.17) is 10.6 Å². The summed E-state index contributed by atoms with van der Waals surface area (Å²) in [5.41, 5.74) is 3.69. The van der Waals surface area contributed by atoms with Crippen LogP contribution in [0.4, 0.5) is 0 Å². The molecule has 1 rings (SSSR count). The SMILES string of the molecule is CCC(C)(OC)C(NN)c1cscc1Br. The fourth-order valence-electron chi connectivity index (χ4n) is 1.56. The van der Waals surface area contributed by atoms with E-state index in [1.807, 2.05) is 5.38 Å². The Bertz CT molecular complexity index is 312. The molecule has 0 amide bonds. The van der Waals surface area contributed by atoms with Crippen molar-refractivity contribution in [2.24, 2.45) is 5.84 Å². The number of rotatable bonds is 5. The lowest BCUT2D eigenvalue weighted by Gasteiger charge is -2.35. The summed E-state index contributed by atoms with van der Waals surface area (Å²) >= 11 is 5.17. The van der Waals surface area contributed by atoms with Crippen molar-refractivity contribution < 1.29 is 4.74 Å². The summed E-state index contributed by atoms with van der Waals surface area (Å²) in [6, 6.07) is -0.00637. The van der Waals surface area contributed by atoms with E-state index in [0.29, 0.717) is 0 Å². The molecule has 0 fully saturated rings. The van der Waals surface area contributed by atoms with Crippen LogP contribution in [-0.4, -0.2) is 12.7 Å². The number of ether oxygens (including phenoxy) is 1. The molecule has 0 aliphatic rings. The first kappa shape index (κ1) is 13.1. The third-order valence-corrected chi connectivity index (χ3v) is 4.65. The third kappa shape index (κ3) is 2.60. The Morgan fingerprint density at radius 3 is 2.67 bits per heavy atom. The van der Waals surface area contributed by atoms with Crippen LogP contribution in [0.1, 0.15) is 31.9 Å². The summed E-state index contributed by atoms with van der Waals surface area (Å²) in [4.78, 5) is 0. The molecular weight excluding hydrogens is 276 g/mol. The maximum atomic E-state index is 5.62. The van der Waals surface area contributed by atoms with Crippen LogP contribution >= 0.6 is 27.3 Å². The van der Waals surface area contributed by atoms with E-state index in [9.17, 15) is 0 Å². The number of nitrogens with one attached hydrogen (secondary N) is 1. The fraction of sp³-hybridized carbons (Fsp3) is 0.600. The number of methoxy groups -OCH3 is 1. The number of nitrogens with two attached hydrogens (primary N) is 1. The number of thiophene rings is 1. The molecule has 86 valence electrons. The molecule has 3 N–H and O–H groups in total. The number of halogens is 1. The molecule has 3 nitrogen and oxygen atoms in total. The monoisotopic (exact) mass is 292 g/mol. The van der Waals surface area contributed by atoms with Crippen LogP contribution < -0.4 is 11.3 Å². The van der Waals surface area contributed by atoms with Crippen molar-refractivity contribution in [3.05, 3.63) is 20.8 Å². The van der Waals surface area contributed by atoms with Gasteiger partial charge in [-0.05, 0) is 40.2 Å². The van der Waals surface area contributed by atoms with Gasteiger partial charge in [0.1, 0.15) is 0 Å². The highest BCUT2D eigenvalue weighted by Crippen LogP contribution is 2.36. The molecule has 1 aromatic rings. The zero-order valence-electron chi connectivity index (χ0n) is 9.21. The van der Waals surface area contributed by atoms with Gasteiger partial charge in [-0.25, -0.2) is 0 Å². The van der Waals surface area contributed by atoms with Gasteiger partial charge in [0, 0.05) is 17.0 Å². The van der Waals surface area contributed by atoms with Gasteiger partial charge in [0.2, 0.25) is 0 Å². The lowest BCUT2D eigenvalue weighted by atomic mass is 9.89. The highest BCUT2D eigenvalue weighted by Gasteiger charge is 2.34. The van der Waals surface area contributed by atoms with Gasteiger partial charge in [0.15, 0.2) is 0 Å². The van der Waals surface area contributed by atoms with Gasteiger partial charge in [-0.15, -0.1) is 0 Å². The van der Waals surface area contributed by atoms with Crippen molar-refractivity contribution >= 4 is 27.3 Å². The predicted octanol–water partition coefficient (Wildman–Crippen LogP) is 2.83. The van der Waals surface area contributed by atoms with Gasteiger partial charge in [-0.2, -0.15) is 11.3 Å². The summed E-state index contributed by atoms with van der Waals surface area (Å²) in [5, 5.41) is 4.13. The average molecular weight is 293 g/mol. The van der Waals surface area contributed by atoms with Gasteiger partial charge in [0.25, 0.3) is 0 Å². The van der Waals surface area contributed by atoms with Crippen molar-refractivity contribution in [2.45, 2.75) is 31.9 Å². The Morgan fingerprint density at radius 1 is 1.67 bits per heavy atom. The van der Waals surface area contributed by atoms with E-state index < -0.39 is 0 Å². The van der Waals surface area contributed by atoms with E-state index in [1.165, 1.54) is 0 Å². The van der Waals surface area contributed by atoms with Gasteiger partial charge in [0.05, 0.1) is 11.6 Å². The predicted molar refractivity (Wildman–Crippen MR) is 67.8 cm³/mol. The Hall–Kier alpha value is 0.0600. The molecule has 0 aromatic carbocycles. The van der Waals surface area contributed by atoms with E-state index in [-0.39, 0.29) is 11.6 Å². The standard InChI is InChI=1S/C10H17BrN2OS/c1-4-10(2,14-3)9(13-12)7-5-15-6-8(7)11/h5-6,9,13H,4,12H2,1-3H3. The number of hydrazine groups is 1. The maximum Gasteiger partial charge on any atom is 0.0855 e. The molecular formula is C10H17BrN2OS. The quantitative estimate of drug-likeness (QED) is 0.648. The van der Waals surface area contributed by atoms with Gasteiger partial charge < -0.3 is 4.74 Å². The van der Waals surface area contributed by atoms with Gasteiger partial charge in [-0.1, -0.05) is 6.92 Å². The van der Waals surface area contributed by atoms with Crippen LogP contribution in [0, 0.1) is 0 Å². The lowest BCUT2D eigenvalue weighted by molar-refractivity contribution is -0.0301. The fourth-order valence-corrected chi connectivity index (χ4v) is 3.11. The van der Waals surface area contributed by atoms with Crippen LogP contribution in [0.15, 0.2) is 15.2 Å². The minimum absolute atomic E-state index is 0.00637. The van der Waals surface area contributed by atoms with Gasteiger partial charge >= 0.3 is 0 Å². The molecule has 0 aliphatic heterocycles. The average Bonchev–Trinajstić information content (AvgIpc) is 2.66. The van der Waals surface area contributed by atoms with Crippen LogP contribution in [-0.2, 0) is 4.74 Å². The topological polar surface area (TPSA) is 47.3 Å². The molecule has 2 unspecified atom stereocenters. The van der Waals surface area contributed by atoms with Crippen molar-refractivity contribution in [3.63, 3.8) is 0 Å². The van der Waals surface area contributed by atoms with Crippen molar-refractivity contribution in [1.82, 2.24) is 5.43 Å². The molecule has 1 heterocycles. The van der Waals surface area contributed by atoms with Crippen molar-refractivity contribution in [2.75, 3.05) is 7.11 Å². The largest absolute Gasteiger partial charge is 0.376 e. The molecule has 15 heavy (non-hydrogen) atoms. The normalized spacial score (nSPS) is 17.4. The maximum absolute atomic E-state index is 5.62. The van der Waals surface area contributed by atoms with Crippen LogP contribution in [0.3, 0.4) is 0 Å². The summed E-state index contributed by atoms with van der Waals surface area (Å²) < 4.78 is 6.64. The summed E-state index contributed by atoms with van der Waals surface area (Å²) in [5.74, 6) is 5.62. The second-order valence-corrected chi connectivity index (χ2v) is 5.24. The molecule has 5 heteroatoms. The first-order valence-electron chi connectivity index (χ1n) is 4.82. The molecule has 2 atom stereocenters. The highest BCUT2D eigenvalue weighted by molar-refractivity contribution is 9.10. The zero-order valence-corrected chi connectivity index (χ0v) is 11.6. The number of hydrogen-bond acceptors (Lipinski definition) is 4. The molecule has 0 radical (unpaired) electrons. The van der Waals surface area contributed by atoms with E-state index in [0.717, 1.165) is 16.5 Å². The Kier molecular flexibility index (Phi) is 4.73. The minimum Gasteiger partial charge on any atom is -0.376 e. The van der Waals surface area contributed by atoms with Crippen LogP contribution in [0.25, 0.3) is 0 Å². The van der Waals surface area contributed by atoms with E-state index in [2.05, 4.69) is 40.6 Å². The Morgan fingerprint density at radius 2 is 2.33 bits per heavy atom. The first-order valence-corrected chi connectivity index (χ1v) is 6.55. The van der Waals surface area contributed by atoms with E-state index >= 15 is 0 Å². The second-order valence-electron chi connectivity index (χ2n) is 3.65. The number of hydrogen-bond donors (Lipinski definition) is 2. The van der Waals surface area contributed by atoms with Crippen molar-refractivity contribution in [3.8, 4) is 0 Å². The third-order valence-electron chi connectivity index (χ3n) is 2.90.